The molecule has 1 aromatic rings. The fourth-order valence-electron chi connectivity index (χ4n) is 1.36. The van der Waals surface area contributed by atoms with Gasteiger partial charge in [0.2, 0.25) is 5.91 Å². The molecule has 5 nitrogen and oxygen atoms in total. The normalized spacial score (nSPS) is 11.9. The van der Waals surface area contributed by atoms with E-state index in [4.69, 9.17) is 5.11 Å². The summed E-state index contributed by atoms with van der Waals surface area (Å²) in [6, 6.07) is 4.89. The molecule has 0 heterocycles. The molecule has 0 saturated carbocycles. The molecule has 0 aliphatic heterocycles. The predicted octanol–water partition coefficient (Wildman–Crippen LogP) is 1.30. The summed E-state index contributed by atoms with van der Waals surface area (Å²) >= 11 is 0. The molecule has 1 rings (SSSR count). The van der Waals surface area contributed by atoms with Gasteiger partial charge in [-0.25, -0.2) is 0 Å². The molecule has 1 atom stereocenters. The molecule has 5 heteroatoms. The summed E-state index contributed by atoms with van der Waals surface area (Å²) in [6.07, 6.45) is 0. The summed E-state index contributed by atoms with van der Waals surface area (Å²) in [7, 11) is 0. The van der Waals surface area contributed by atoms with Crippen LogP contribution in [0.4, 0.5) is 5.69 Å². The Bertz CT molecular complexity index is 458. The fraction of sp³-hybridized carbons (Fsp3) is 0.385. The third-order valence-electron chi connectivity index (χ3n) is 2.73. The average molecular weight is 250 g/mol. The van der Waals surface area contributed by atoms with Gasteiger partial charge in [0.05, 0.1) is 6.54 Å². The van der Waals surface area contributed by atoms with Crippen molar-refractivity contribution in [3.05, 3.63) is 29.3 Å². The molecule has 0 bridgehead atoms. The molecular weight excluding hydrogens is 232 g/mol. The lowest BCUT2D eigenvalue weighted by atomic mass is 10.1. The highest BCUT2D eigenvalue weighted by Crippen LogP contribution is 2.13. The number of rotatable bonds is 5. The number of carboxylic acids is 1. The Morgan fingerprint density at radius 2 is 1.94 bits per heavy atom. The minimum atomic E-state index is -0.978. The van der Waals surface area contributed by atoms with Crippen molar-refractivity contribution >= 4 is 17.6 Å². The van der Waals surface area contributed by atoms with Crippen LogP contribution < -0.4 is 10.6 Å². The second-order valence-corrected chi connectivity index (χ2v) is 4.29. The zero-order chi connectivity index (χ0) is 13.7. The number of aryl methyl sites for hydroxylation is 2. The van der Waals surface area contributed by atoms with Crippen LogP contribution in [0.2, 0.25) is 0 Å². The summed E-state index contributed by atoms with van der Waals surface area (Å²) < 4.78 is 0. The van der Waals surface area contributed by atoms with Crippen LogP contribution in [0.5, 0.6) is 0 Å². The number of anilines is 1. The number of benzene rings is 1. The van der Waals surface area contributed by atoms with Gasteiger partial charge in [0.25, 0.3) is 0 Å². The molecule has 0 aliphatic carbocycles. The number of carboxylic acid groups (broad SMARTS) is 1. The highest BCUT2D eigenvalue weighted by Gasteiger charge is 2.11. The Balaban J connectivity index is 2.49. The molecule has 0 fully saturated rings. The largest absolute Gasteiger partial charge is 0.480 e. The van der Waals surface area contributed by atoms with Crippen molar-refractivity contribution < 1.29 is 14.7 Å². The van der Waals surface area contributed by atoms with Crippen molar-refractivity contribution in [3.8, 4) is 0 Å². The maximum absolute atomic E-state index is 11.6. The minimum Gasteiger partial charge on any atom is -0.480 e. The fourth-order valence-corrected chi connectivity index (χ4v) is 1.36. The molecule has 0 unspecified atom stereocenters. The zero-order valence-electron chi connectivity index (χ0n) is 10.8. The Morgan fingerprint density at radius 3 is 2.50 bits per heavy atom. The monoisotopic (exact) mass is 250 g/mol. The summed E-state index contributed by atoms with van der Waals surface area (Å²) in [6.45, 7) is 5.43. The van der Waals surface area contributed by atoms with Gasteiger partial charge in [-0.05, 0) is 44.0 Å². The van der Waals surface area contributed by atoms with E-state index in [0.717, 1.165) is 11.1 Å². The van der Waals surface area contributed by atoms with Gasteiger partial charge in [-0.2, -0.15) is 0 Å². The number of nitrogens with one attached hydrogen (secondary N) is 2. The number of hydrogen-bond donors (Lipinski definition) is 3. The van der Waals surface area contributed by atoms with Gasteiger partial charge < -0.3 is 10.4 Å². The van der Waals surface area contributed by atoms with E-state index in [9.17, 15) is 9.59 Å². The number of amides is 1. The Hall–Kier alpha value is -1.88. The van der Waals surface area contributed by atoms with Gasteiger partial charge in [-0.3, -0.25) is 14.9 Å². The first-order valence-corrected chi connectivity index (χ1v) is 5.73. The topological polar surface area (TPSA) is 78.4 Å². The molecule has 1 aromatic carbocycles. The van der Waals surface area contributed by atoms with Crippen LogP contribution in [-0.4, -0.2) is 29.6 Å². The highest BCUT2D eigenvalue weighted by atomic mass is 16.4. The van der Waals surface area contributed by atoms with Gasteiger partial charge in [0.1, 0.15) is 6.04 Å². The van der Waals surface area contributed by atoms with Gasteiger partial charge in [0, 0.05) is 5.69 Å². The van der Waals surface area contributed by atoms with Crippen molar-refractivity contribution in [2.24, 2.45) is 0 Å². The van der Waals surface area contributed by atoms with Crippen LogP contribution in [0, 0.1) is 13.8 Å². The smallest absolute Gasteiger partial charge is 0.320 e. The first-order valence-electron chi connectivity index (χ1n) is 5.73. The molecule has 0 radical (unpaired) electrons. The molecule has 0 aliphatic rings. The van der Waals surface area contributed by atoms with E-state index in [0.29, 0.717) is 5.69 Å². The molecule has 98 valence electrons. The summed E-state index contributed by atoms with van der Waals surface area (Å²) in [5.41, 5.74) is 2.97. The predicted molar refractivity (Wildman–Crippen MR) is 69.6 cm³/mol. The van der Waals surface area contributed by atoms with E-state index >= 15 is 0 Å². The van der Waals surface area contributed by atoms with Crippen LogP contribution in [0.1, 0.15) is 18.1 Å². The van der Waals surface area contributed by atoms with Crippen LogP contribution in [0.3, 0.4) is 0 Å². The zero-order valence-corrected chi connectivity index (χ0v) is 10.8. The summed E-state index contributed by atoms with van der Waals surface area (Å²) in [5, 5.41) is 14.0. The molecular formula is C13H18N2O3. The second kappa shape index (κ2) is 6.16. The van der Waals surface area contributed by atoms with Gasteiger partial charge in [0.15, 0.2) is 0 Å². The summed E-state index contributed by atoms with van der Waals surface area (Å²) in [5.74, 6) is -1.24. The molecule has 0 spiro atoms. The van der Waals surface area contributed by atoms with Crippen molar-refractivity contribution in [3.63, 3.8) is 0 Å². The Labute approximate surface area is 106 Å². The standard InChI is InChI=1S/C13H18N2O3/c1-8-4-5-11(6-9(8)2)15-12(16)7-14-10(3)13(17)18/h4-6,10,14H,7H2,1-3H3,(H,15,16)(H,17,18)/t10-/m1/s1. The molecule has 18 heavy (non-hydrogen) atoms. The second-order valence-electron chi connectivity index (χ2n) is 4.29. The van der Waals surface area contributed by atoms with Gasteiger partial charge in [-0.1, -0.05) is 6.07 Å². The third kappa shape index (κ3) is 4.18. The van der Waals surface area contributed by atoms with E-state index < -0.39 is 12.0 Å². The van der Waals surface area contributed by atoms with Crippen LogP contribution >= 0.6 is 0 Å². The maximum Gasteiger partial charge on any atom is 0.320 e. The van der Waals surface area contributed by atoms with Crippen molar-refractivity contribution in [2.75, 3.05) is 11.9 Å². The van der Waals surface area contributed by atoms with Crippen LogP contribution in [-0.2, 0) is 9.59 Å². The van der Waals surface area contributed by atoms with Crippen molar-refractivity contribution in [1.29, 1.82) is 0 Å². The van der Waals surface area contributed by atoms with Crippen LogP contribution in [0.15, 0.2) is 18.2 Å². The van der Waals surface area contributed by atoms with E-state index in [2.05, 4.69) is 10.6 Å². The maximum atomic E-state index is 11.6. The van der Waals surface area contributed by atoms with Crippen molar-refractivity contribution in [1.82, 2.24) is 5.32 Å². The Kier molecular flexibility index (Phi) is 4.85. The highest BCUT2D eigenvalue weighted by molar-refractivity contribution is 5.92. The van der Waals surface area contributed by atoms with E-state index in [1.165, 1.54) is 6.92 Å². The first kappa shape index (κ1) is 14.2. The lowest BCUT2D eigenvalue weighted by Gasteiger charge is -2.10. The van der Waals surface area contributed by atoms with Gasteiger partial charge in [-0.15, -0.1) is 0 Å². The number of carbonyl (C=O) groups excluding carboxylic acids is 1. The lowest BCUT2D eigenvalue weighted by molar-refractivity contribution is -0.139. The van der Waals surface area contributed by atoms with E-state index in [1.54, 1.807) is 0 Å². The number of aliphatic carboxylic acids is 1. The third-order valence-corrected chi connectivity index (χ3v) is 2.73. The van der Waals surface area contributed by atoms with E-state index in [-0.39, 0.29) is 12.5 Å². The quantitative estimate of drug-likeness (QED) is 0.736. The lowest BCUT2D eigenvalue weighted by Crippen LogP contribution is -2.39. The molecule has 3 N–H and O–H groups in total. The average Bonchev–Trinajstić information content (AvgIpc) is 2.30. The Morgan fingerprint density at radius 1 is 1.28 bits per heavy atom. The molecule has 0 aromatic heterocycles. The molecule has 1 amide bonds. The number of carbonyl (C=O) groups is 2. The van der Waals surface area contributed by atoms with Crippen LogP contribution in [0.25, 0.3) is 0 Å². The van der Waals surface area contributed by atoms with Crippen molar-refractivity contribution in [2.45, 2.75) is 26.8 Å². The SMILES string of the molecule is Cc1ccc(NC(=O)CN[C@H](C)C(=O)O)cc1C. The number of hydrogen-bond acceptors (Lipinski definition) is 3. The van der Waals surface area contributed by atoms with E-state index in [1.807, 2.05) is 32.0 Å². The minimum absolute atomic E-state index is 0.0274. The van der Waals surface area contributed by atoms with Gasteiger partial charge >= 0.3 is 5.97 Å². The first-order chi connectivity index (χ1) is 8.40. The molecule has 0 saturated heterocycles. The summed E-state index contributed by atoms with van der Waals surface area (Å²) in [4.78, 5) is 22.1.